The van der Waals surface area contributed by atoms with Crippen LogP contribution in [0.2, 0.25) is 0 Å². The van der Waals surface area contributed by atoms with Crippen molar-refractivity contribution in [3.63, 3.8) is 0 Å². The average Bonchev–Trinajstić information content (AvgIpc) is 3.08. The molecule has 3 nitrogen and oxygen atoms in total. The van der Waals surface area contributed by atoms with E-state index < -0.39 is 0 Å². The molecule has 23 heavy (non-hydrogen) atoms. The lowest BCUT2D eigenvalue weighted by Gasteiger charge is -2.51. The highest BCUT2D eigenvalue weighted by Gasteiger charge is 2.67. The molecule has 5 rings (SSSR count). The first kappa shape index (κ1) is 13.6. The Morgan fingerprint density at radius 3 is 2.96 bits per heavy atom. The number of rotatable bonds is 1. The zero-order valence-corrected chi connectivity index (χ0v) is 13.8. The van der Waals surface area contributed by atoms with Gasteiger partial charge in [-0.1, -0.05) is 24.3 Å². The second kappa shape index (κ2) is 4.15. The number of nitrogens with one attached hydrogen (secondary N) is 1. The number of carbonyl (C=O) groups excluding carboxylic acids is 1. The van der Waals surface area contributed by atoms with Crippen LogP contribution in [0.15, 0.2) is 47.2 Å². The zero-order valence-electron chi connectivity index (χ0n) is 13.8. The van der Waals surface area contributed by atoms with Gasteiger partial charge in [0, 0.05) is 35.7 Å². The Morgan fingerprint density at radius 2 is 2.17 bits per heavy atom. The summed E-state index contributed by atoms with van der Waals surface area (Å²) in [4.78, 5) is 12.0. The maximum absolute atomic E-state index is 12.0. The van der Waals surface area contributed by atoms with Gasteiger partial charge in [0.05, 0.1) is 19.0 Å². The molecule has 3 heteroatoms. The van der Waals surface area contributed by atoms with Crippen molar-refractivity contribution < 1.29 is 9.28 Å². The highest BCUT2D eigenvalue weighted by atomic mass is 16.1. The van der Waals surface area contributed by atoms with E-state index in [9.17, 15) is 4.79 Å². The van der Waals surface area contributed by atoms with Gasteiger partial charge < -0.3 is 9.80 Å². The number of hydrogen-bond donors (Lipinski definition) is 1. The average molecular weight is 307 g/mol. The van der Waals surface area contributed by atoms with E-state index in [1.807, 2.05) is 0 Å². The third-order valence-electron chi connectivity index (χ3n) is 7.06. The Morgan fingerprint density at radius 1 is 1.35 bits per heavy atom. The van der Waals surface area contributed by atoms with Gasteiger partial charge in [0.15, 0.2) is 0 Å². The predicted octanol–water partition coefficient (Wildman–Crippen LogP) is 3.00. The number of fused-ring (bicyclic) bond motifs is 2. The van der Waals surface area contributed by atoms with E-state index in [0.29, 0.717) is 12.0 Å². The molecule has 0 amide bonds. The van der Waals surface area contributed by atoms with Gasteiger partial charge >= 0.3 is 0 Å². The second-order valence-corrected chi connectivity index (χ2v) is 7.87. The van der Waals surface area contributed by atoms with Crippen LogP contribution in [0, 0.1) is 5.92 Å². The largest absolute Gasteiger partial charge is 0.357 e. The minimum absolute atomic E-state index is 0.0390. The summed E-state index contributed by atoms with van der Waals surface area (Å²) in [5.74, 6) is 0.316. The molecule has 1 aliphatic carbocycles. The first-order chi connectivity index (χ1) is 11.1. The predicted molar refractivity (Wildman–Crippen MR) is 91.0 cm³/mol. The minimum Gasteiger partial charge on any atom is -0.357 e. The van der Waals surface area contributed by atoms with Gasteiger partial charge in [-0.05, 0) is 24.1 Å². The summed E-state index contributed by atoms with van der Waals surface area (Å²) < 4.78 is 1.13. The Labute approximate surface area is 137 Å². The van der Waals surface area contributed by atoms with Crippen LogP contribution in [0.5, 0.6) is 0 Å². The van der Waals surface area contributed by atoms with Crippen LogP contribution in [0.4, 0.5) is 5.69 Å². The van der Waals surface area contributed by atoms with Crippen LogP contribution < -0.4 is 5.32 Å². The number of allylic oxidation sites excluding steroid dienone is 2. The fourth-order valence-corrected chi connectivity index (χ4v) is 6.07. The van der Waals surface area contributed by atoms with E-state index in [1.165, 1.54) is 29.1 Å². The molecule has 1 aromatic carbocycles. The Balaban J connectivity index is 1.85. The van der Waals surface area contributed by atoms with E-state index in [-0.39, 0.29) is 5.41 Å². The summed E-state index contributed by atoms with van der Waals surface area (Å²) in [6, 6.07) is 9.27. The lowest BCUT2D eigenvalue weighted by atomic mass is 9.61. The maximum atomic E-state index is 12.0. The molecule has 0 aromatic heterocycles. The maximum Gasteiger partial charge on any atom is 0.148 e. The van der Waals surface area contributed by atoms with Gasteiger partial charge in [-0.3, -0.25) is 4.79 Å². The fraction of sp³-hybridized carbons (Fsp3) is 0.450. The number of piperidine rings is 1. The molecule has 3 heterocycles. The highest BCUT2D eigenvalue weighted by Crippen LogP contribution is 2.62. The summed E-state index contributed by atoms with van der Waals surface area (Å²) in [7, 11) is 2.42. The van der Waals surface area contributed by atoms with Crippen LogP contribution in [0.3, 0.4) is 0 Å². The first-order valence-corrected chi connectivity index (χ1v) is 8.70. The van der Waals surface area contributed by atoms with Gasteiger partial charge in [0.25, 0.3) is 0 Å². The Bertz CT molecular complexity index is 793. The second-order valence-electron chi connectivity index (χ2n) is 7.87. The van der Waals surface area contributed by atoms with E-state index in [0.717, 1.165) is 35.7 Å². The van der Waals surface area contributed by atoms with Gasteiger partial charge in [0.1, 0.15) is 18.9 Å². The lowest BCUT2D eigenvalue weighted by molar-refractivity contribution is -0.923. The number of aldehydes is 1. The zero-order chi connectivity index (χ0) is 15.8. The molecular weight excluding hydrogens is 284 g/mol. The molecule has 118 valence electrons. The molecule has 2 bridgehead atoms. The van der Waals surface area contributed by atoms with E-state index >= 15 is 0 Å². The molecular formula is C20H23N2O+. The number of likely N-dealkylation sites (N-methyl/N-ethyl adjacent to an activating group) is 1. The van der Waals surface area contributed by atoms with E-state index in [2.05, 4.69) is 49.6 Å². The first-order valence-electron chi connectivity index (χ1n) is 8.70. The number of carbonyl (C=O) groups is 1. The molecule has 4 aliphatic rings. The lowest BCUT2D eigenvalue weighted by Crippen LogP contribution is -2.61. The van der Waals surface area contributed by atoms with Crippen molar-refractivity contribution in [1.82, 2.24) is 0 Å². The molecule has 2 saturated heterocycles. The van der Waals surface area contributed by atoms with Crippen molar-refractivity contribution >= 4 is 12.0 Å². The van der Waals surface area contributed by atoms with E-state index in [4.69, 9.17) is 0 Å². The molecule has 1 spiro atoms. The third-order valence-corrected chi connectivity index (χ3v) is 7.06. The molecule has 3 aliphatic heterocycles. The van der Waals surface area contributed by atoms with Gasteiger partial charge in [-0.2, -0.15) is 0 Å². The van der Waals surface area contributed by atoms with Crippen LogP contribution in [0.25, 0.3) is 0 Å². The van der Waals surface area contributed by atoms with Crippen molar-refractivity contribution in [2.24, 2.45) is 5.92 Å². The van der Waals surface area contributed by atoms with Gasteiger partial charge in [0.2, 0.25) is 0 Å². The topological polar surface area (TPSA) is 29.1 Å². The van der Waals surface area contributed by atoms with Gasteiger partial charge in [-0.25, -0.2) is 0 Å². The number of benzene rings is 1. The number of hydrogen-bond acceptors (Lipinski definition) is 2. The smallest absolute Gasteiger partial charge is 0.148 e. The number of quaternary nitrogens is 1. The standard InChI is InChI=1S/C20H22N2O/c1-3-13-11-22(2)9-8-20-16-6-4-5-7-17(16)21-19(20)15(12-23)14(13)10-18(20)22/h3-7,12,14,18H,8-11H2,1-2H3/p+1/b13-3-/t14-,18+,20+,22?/m0/s1. The Hall–Kier alpha value is -1.87. The van der Waals surface area contributed by atoms with Crippen molar-refractivity contribution in [2.45, 2.75) is 31.2 Å². The molecule has 4 atom stereocenters. The van der Waals surface area contributed by atoms with Crippen molar-refractivity contribution in [3.05, 3.63) is 52.7 Å². The summed E-state index contributed by atoms with van der Waals surface area (Å²) in [6.07, 6.45) is 5.65. The number of nitrogens with zero attached hydrogens (tertiary/aromatic N) is 1. The molecule has 1 aromatic rings. The SMILES string of the molecule is C/C=C1/C[N+]2(C)CC[C@]34C(=C(C=O)[C@H]1C[C@H]32)Nc1ccccc14. The summed E-state index contributed by atoms with van der Waals surface area (Å²) in [5.41, 5.74) is 6.35. The molecule has 1 N–H and O–H groups in total. The van der Waals surface area contributed by atoms with Crippen LogP contribution in [-0.2, 0) is 10.2 Å². The summed E-state index contributed by atoms with van der Waals surface area (Å²) >= 11 is 0. The molecule has 0 saturated carbocycles. The monoisotopic (exact) mass is 307 g/mol. The number of anilines is 1. The fourth-order valence-electron chi connectivity index (χ4n) is 6.07. The third kappa shape index (κ3) is 1.38. The van der Waals surface area contributed by atoms with Crippen molar-refractivity contribution in [2.75, 3.05) is 25.5 Å². The summed E-state index contributed by atoms with van der Waals surface area (Å²) in [6.45, 7) is 4.42. The molecule has 2 fully saturated rings. The van der Waals surface area contributed by atoms with Crippen molar-refractivity contribution in [1.29, 1.82) is 0 Å². The molecule has 1 unspecified atom stereocenters. The van der Waals surface area contributed by atoms with E-state index in [1.54, 1.807) is 0 Å². The quantitative estimate of drug-likeness (QED) is 0.491. The van der Waals surface area contributed by atoms with Crippen LogP contribution in [-0.4, -0.2) is 36.9 Å². The molecule has 0 radical (unpaired) electrons. The van der Waals surface area contributed by atoms with Gasteiger partial charge in [-0.15, -0.1) is 0 Å². The summed E-state index contributed by atoms with van der Waals surface area (Å²) in [5, 5.41) is 3.66. The normalized spacial score (nSPS) is 41.6. The van der Waals surface area contributed by atoms with Crippen LogP contribution >= 0.6 is 0 Å². The number of para-hydroxylation sites is 1. The Kier molecular flexibility index (Phi) is 2.45. The van der Waals surface area contributed by atoms with Crippen LogP contribution in [0.1, 0.15) is 25.3 Å². The van der Waals surface area contributed by atoms with Crippen molar-refractivity contribution in [3.8, 4) is 0 Å². The highest BCUT2D eigenvalue weighted by molar-refractivity contribution is 5.84. The minimum atomic E-state index is 0.0390.